The minimum Gasteiger partial charge on any atom is -0.395 e. The third-order valence-electron chi connectivity index (χ3n) is 1.95. The third-order valence-corrected chi connectivity index (χ3v) is 1.95. The molecule has 1 saturated heterocycles. The van der Waals surface area contributed by atoms with Crippen LogP contribution in [0, 0.1) is 0 Å². The van der Waals surface area contributed by atoms with Crippen LogP contribution in [0.4, 0.5) is 8.78 Å². The fraction of sp³-hybridized carbons (Fsp3) is 0.500. The van der Waals surface area contributed by atoms with E-state index in [1.807, 2.05) is 0 Å². The van der Waals surface area contributed by atoms with Gasteiger partial charge in [0.05, 0.1) is 0 Å². The molecule has 0 spiro atoms. The standard InChI is InChI=1S/C8H8F2O2/c1-4-3-5(2)7-6(4)11-8(9,10)12-7/h3H2,1-2H3. The lowest BCUT2D eigenvalue weighted by molar-refractivity contribution is -0.327. The molecule has 66 valence electrons. The first-order valence-electron chi connectivity index (χ1n) is 3.65. The van der Waals surface area contributed by atoms with Gasteiger partial charge in [-0.25, -0.2) is 0 Å². The summed E-state index contributed by atoms with van der Waals surface area (Å²) in [6.45, 7) is 3.52. The van der Waals surface area contributed by atoms with Crippen molar-refractivity contribution in [2.24, 2.45) is 0 Å². The Labute approximate surface area is 68.5 Å². The number of halogens is 2. The smallest absolute Gasteiger partial charge is 0.395 e. The van der Waals surface area contributed by atoms with Gasteiger partial charge in [-0.05, 0) is 31.4 Å². The van der Waals surface area contributed by atoms with E-state index in [1.165, 1.54) is 0 Å². The van der Waals surface area contributed by atoms with E-state index in [0.717, 1.165) is 11.1 Å². The Kier molecular flexibility index (Phi) is 1.26. The molecule has 12 heavy (non-hydrogen) atoms. The lowest BCUT2D eigenvalue weighted by Gasteiger charge is -2.06. The molecule has 0 aromatic rings. The van der Waals surface area contributed by atoms with E-state index in [0.29, 0.717) is 6.42 Å². The second-order valence-electron chi connectivity index (χ2n) is 3.06. The Balaban J connectivity index is 2.41. The molecular weight excluding hydrogens is 166 g/mol. The van der Waals surface area contributed by atoms with Gasteiger partial charge in [0.1, 0.15) is 0 Å². The van der Waals surface area contributed by atoms with E-state index in [1.54, 1.807) is 13.8 Å². The van der Waals surface area contributed by atoms with E-state index in [4.69, 9.17) is 0 Å². The topological polar surface area (TPSA) is 18.5 Å². The summed E-state index contributed by atoms with van der Waals surface area (Å²) in [4.78, 5) is 0. The summed E-state index contributed by atoms with van der Waals surface area (Å²) in [6.07, 6.45) is -2.80. The van der Waals surface area contributed by atoms with E-state index in [2.05, 4.69) is 9.47 Å². The minimum atomic E-state index is -3.46. The fourth-order valence-corrected chi connectivity index (χ4v) is 1.47. The lowest BCUT2D eigenvalue weighted by Crippen LogP contribution is -2.15. The lowest BCUT2D eigenvalue weighted by atomic mass is 10.2. The van der Waals surface area contributed by atoms with Gasteiger partial charge in [-0.1, -0.05) is 0 Å². The van der Waals surface area contributed by atoms with Crippen LogP contribution in [-0.4, -0.2) is 6.29 Å². The molecule has 4 heteroatoms. The van der Waals surface area contributed by atoms with Gasteiger partial charge in [0.2, 0.25) is 0 Å². The minimum absolute atomic E-state index is 0.220. The molecule has 2 aliphatic rings. The highest BCUT2D eigenvalue weighted by Gasteiger charge is 2.48. The van der Waals surface area contributed by atoms with Crippen LogP contribution in [0.25, 0.3) is 0 Å². The first-order valence-corrected chi connectivity index (χ1v) is 3.65. The van der Waals surface area contributed by atoms with Gasteiger partial charge in [0.25, 0.3) is 0 Å². The van der Waals surface area contributed by atoms with Gasteiger partial charge in [0, 0.05) is 0 Å². The normalized spacial score (nSPS) is 25.7. The number of rotatable bonds is 0. The molecular formula is C8H8F2O2. The molecule has 0 N–H and O–H groups in total. The van der Waals surface area contributed by atoms with Gasteiger partial charge in [0.15, 0.2) is 11.5 Å². The summed E-state index contributed by atoms with van der Waals surface area (Å²) in [5.74, 6) is 0.440. The fourth-order valence-electron chi connectivity index (χ4n) is 1.47. The molecule has 0 radical (unpaired) electrons. The maximum absolute atomic E-state index is 12.5. The van der Waals surface area contributed by atoms with Gasteiger partial charge >= 0.3 is 6.29 Å². The van der Waals surface area contributed by atoms with E-state index < -0.39 is 6.29 Å². The molecule has 0 saturated carbocycles. The number of alkyl halides is 2. The second-order valence-corrected chi connectivity index (χ2v) is 3.06. The van der Waals surface area contributed by atoms with Crippen LogP contribution in [0.1, 0.15) is 20.3 Å². The zero-order valence-electron chi connectivity index (χ0n) is 6.78. The summed E-state index contributed by atoms with van der Waals surface area (Å²) in [6, 6.07) is 0. The van der Waals surface area contributed by atoms with Gasteiger partial charge in [-0.15, -0.1) is 8.78 Å². The van der Waals surface area contributed by atoms with Crippen molar-refractivity contribution in [2.45, 2.75) is 26.6 Å². The highest BCUT2D eigenvalue weighted by molar-refractivity contribution is 5.40. The van der Waals surface area contributed by atoms with Crippen LogP contribution in [0.3, 0.4) is 0 Å². The van der Waals surface area contributed by atoms with Crippen LogP contribution in [0.2, 0.25) is 0 Å². The maximum atomic E-state index is 12.5. The molecule has 1 heterocycles. The van der Waals surface area contributed by atoms with Crippen molar-refractivity contribution < 1.29 is 18.3 Å². The Bertz CT molecular complexity index is 274. The summed E-state index contributed by atoms with van der Waals surface area (Å²) in [7, 11) is 0. The average Bonchev–Trinajstić information content (AvgIpc) is 2.34. The molecule has 0 amide bonds. The first kappa shape index (κ1) is 7.58. The van der Waals surface area contributed by atoms with Gasteiger partial charge in [-0.2, -0.15) is 0 Å². The Morgan fingerprint density at radius 1 is 1.08 bits per heavy atom. The average molecular weight is 174 g/mol. The number of hydrogen-bond acceptors (Lipinski definition) is 2. The predicted octanol–water partition coefficient (Wildman–Crippen LogP) is 2.54. The van der Waals surface area contributed by atoms with Crippen molar-refractivity contribution in [3.63, 3.8) is 0 Å². The summed E-state index contributed by atoms with van der Waals surface area (Å²) < 4.78 is 33.6. The maximum Gasteiger partial charge on any atom is 0.586 e. The van der Waals surface area contributed by atoms with Crippen LogP contribution in [0.15, 0.2) is 22.7 Å². The summed E-state index contributed by atoms with van der Waals surface area (Å²) >= 11 is 0. The molecule has 1 aliphatic carbocycles. The number of hydrogen-bond donors (Lipinski definition) is 0. The molecule has 0 atom stereocenters. The predicted molar refractivity (Wildman–Crippen MR) is 37.1 cm³/mol. The molecule has 1 aliphatic heterocycles. The molecule has 0 bridgehead atoms. The van der Waals surface area contributed by atoms with Crippen molar-refractivity contribution in [1.82, 2.24) is 0 Å². The highest BCUT2D eigenvalue weighted by Crippen LogP contribution is 2.45. The zero-order chi connectivity index (χ0) is 8.93. The van der Waals surface area contributed by atoms with E-state index >= 15 is 0 Å². The van der Waals surface area contributed by atoms with Crippen molar-refractivity contribution >= 4 is 0 Å². The molecule has 2 nitrogen and oxygen atoms in total. The van der Waals surface area contributed by atoms with Crippen LogP contribution < -0.4 is 0 Å². The van der Waals surface area contributed by atoms with Crippen LogP contribution in [-0.2, 0) is 9.47 Å². The molecule has 0 aromatic heterocycles. The van der Waals surface area contributed by atoms with Gasteiger partial charge < -0.3 is 9.47 Å². The first-order chi connectivity index (χ1) is 5.49. The van der Waals surface area contributed by atoms with Gasteiger partial charge in [-0.3, -0.25) is 0 Å². The highest BCUT2D eigenvalue weighted by atomic mass is 19.3. The molecule has 0 unspecified atom stereocenters. The molecule has 1 fully saturated rings. The second kappa shape index (κ2) is 2.00. The van der Waals surface area contributed by atoms with E-state index in [-0.39, 0.29) is 11.5 Å². The number of allylic oxidation sites excluding steroid dienone is 2. The van der Waals surface area contributed by atoms with Crippen molar-refractivity contribution in [2.75, 3.05) is 0 Å². The van der Waals surface area contributed by atoms with Crippen molar-refractivity contribution in [3.8, 4) is 0 Å². The Morgan fingerprint density at radius 2 is 1.50 bits per heavy atom. The molecule has 2 rings (SSSR count). The Morgan fingerprint density at radius 3 is 1.92 bits per heavy atom. The van der Waals surface area contributed by atoms with E-state index in [9.17, 15) is 8.78 Å². The molecule has 0 aromatic carbocycles. The van der Waals surface area contributed by atoms with Crippen molar-refractivity contribution in [1.29, 1.82) is 0 Å². The monoisotopic (exact) mass is 174 g/mol. The number of fused-ring (bicyclic) bond motifs is 1. The van der Waals surface area contributed by atoms with Crippen LogP contribution >= 0.6 is 0 Å². The quantitative estimate of drug-likeness (QED) is 0.561. The summed E-state index contributed by atoms with van der Waals surface area (Å²) in [5.41, 5.74) is 1.61. The van der Waals surface area contributed by atoms with Crippen molar-refractivity contribution in [3.05, 3.63) is 22.7 Å². The Hall–Kier alpha value is -1.06. The van der Waals surface area contributed by atoms with Crippen LogP contribution in [0.5, 0.6) is 0 Å². The SMILES string of the molecule is CC1=C2OC(F)(F)OC2=C(C)C1. The zero-order valence-corrected chi connectivity index (χ0v) is 6.78. The largest absolute Gasteiger partial charge is 0.586 e. The number of ether oxygens (including phenoxy) is 2. The summed E-state index contributed by atoms with van der Waals surface area (Å²) in [5, 5.41) is 0. The third kappa shape index (κ3) is 0.906.